The van der Waals surface area contributed by atoms with E-state index in [1.165, 1.54) is 13.2 Å². The SMILES string of the molecule is COc1cc2nc(-c3ccc(N)nc3)nc(N3CCOCC3)c2cc1-c1cccc(C(F)CCNS(=O)[O-])c1F. The van der Waals surface area contributed by atoms with Crippen molar-refractivity contribution in [2.24, 2.45) is 0 Å². The number of rotatable bonds is 9. The summed E-state index contributed by atoms with van der Waals surface area (Å²) in [4.78, 5) is 15.8. The van der Waals surface area contributed by atoms with Crippen molar-refractivity contribution >= 4 is 33.8 Å². The van der Waals surface area contributed by atoms with Crippen LogP contribution in [0.25, 0.3) is 33.4 Å². The first-order valence-corrected chi connectivity index (χ1v) is 13.6. The Morgan fingerprint density at radius 1 is 1.20 bits per heavy atom. The topological polar surface area (TPSA) is 139 Å². The van der Waals surface area contributed by atoms with E-state index in [9.17, 15) is 13.2 Å². The molecule has 2 aromatic carbocycles. The van der Waals surface area contributed by atoms with Gasteiger partial charge in [0.1, 0.15) is 29.4 Å². The number of halogens is 2. The first kappa shape index (κ1) is 27.8. The van der Waals surface area contributed by atoms with Gasteiger partial charge < -0.3 is 24.7 Å². The maximum Gasteiger partial charge on any atom is 0.163 e. The van der Waals surface area contributed by atoms with E-state index >= 15 is 4.39 Å². The van der Waals surface area contributed by atoms with E-state index in [2.05, 4.69) is 14.6 Å². The Morgan fingerprint density at radius 3 is 2.70 bits per heavy atom. The van der Waals surface area contributed by atoms with Gasteiger partial charge >= 0.3 is 0 Å². The summed E-state index contributed by atoms with van der Waals surface area (Å²) >= 11 is -2.53. The standard InChI is InChI=1S/C27H28F2N6O4S/c1-38-23-14-22-20(13-19(23)17-3-2-4-18(25(17)29)21(28)7-8-32-40(36)37)27(35-9-11-39-12-10-35)34-26(33-22)16-5-6-24(30)31-15-16/h2-6,13-15,21,32H,7-12H2,1H3,(H2,30,31)(H,36,37)/p-1. The van der Waals surface area contributed by atoms with Crippen LogP contribution in [-0.4, -0.2) is 63.7 Å². The van der Waals surface area contributed by atoms with Crippen LogP contribution in [0.3, 0.4) is 0 Å². The highest BCUT2D eigenvalue weighted by atomic mass is 32.2. The van der Waals surface area contributed by atoms with Crippen LogP contribution < -0.4 is 20.1 Å². The predicted molar refractivity (Wildman–Crippen MR) is 148 cm³/mol. The lowest BCUT2D eigenvalue weighted by atomic mass is 9.96. The molecular formula is C27H27F2N6O4S-. The molecule has 0 amide bonds. The molecule has 10 nitrogen and oxygen atoms in total. The van der Waals surface area contributed by atoms with Crippen LogP contribution in [0.15, 0.2) is 48.7 Å². The molecule has 3 N–H and O–H groups in total. The summed E-state index contributed by atoms with van der Waals surface area (Å²) in [5.41, 5.74) is 7.37. The van der Waals surface area contributed by atoms with Gasteiger partial charge in [-0.3, -0.25) is 4.21 Å². The van der Waals surface area contributed by atoms with Gasteiger partial charge in [-0.25, -0.2) is 28.5 Å². The highest BCUT2D eigenvalue weighted by molar-refractivity contribution is 7.77. The van der Waals surface area contributed by atoms with Gasteiger partial charge in [0, 0.05) is 70.8 Å². The number of morpholine rings is 1. The number of nitrogens with zero attached hydrogens (tertiary/aromatic N) is 4. The second-order valence-electron chi connectivity index (χ2n) is 9.11. The molecule has 4 aromatic rings. The van der Waals surface area contributed by atoms with E-state index in [0.717, 1.165) is 0 Å². The molecule has 1 saturated heterocycles. The number of anilines is 2. The van der Waals surface area contributed by atoms with Crippen molar-refractivity contribution in [1.82, 2.24) is 19.7 Å². The van der Waals surface area contributed by atoms with Crippen molar-refractivity contribution < 1.29 is 27.0 Å². The number of hydrogen-bond acceptors (Lipinski definition) is 9. The Hall–Kier alpha value is -3.78. The largest absolute Gasteiger partial charge is 0.760 e. The summed E-state index contributed by atoms with van der Waals surface area (Å²) in [6.45, 7) is 2.09. The van der Waals surface area contributed by atoms with Crippen LogP contribution in [0.5, 0.6) is 5.75 Å². The van der Waals surface area contributed by atoms with Gasteiger partial charge in [-0.05, 0) is 24.6 Å². The molecule has 40 heavy (non-hydrogen) atoms. The second kappa shape index (κ2) is 12.2. The van der Waals surface area contributed by atoms with Crippen molar-refractivity contribution in [2.75, 3.05) is 50.6 Å². The summed E-state index contributed by atoms with van der Waals surface area (Å²) in [5.74, 6) is 1.04. The Kier molecular flexibility index (Phi) is 8.45. The highest BCUT2D eigenvalue weighted by Crippen LogP contribution is 2.40. The van der Waals surface area contributed by atoms with Gasteiger partial charge in [-0.1, -0.05) is 18.2 Å². The van der Waals surface area contributed by atoms with E-state index < -0.39 is 23.3 Å². The Labute approximate surface area is 232 Å². The fourth-order valence-corrected chi connectivity index (χ4v) is 4.91. The number of nitrogen functional groups attached to an aromatic ring is 1. The zero-order valence-corrected chi connectivity index (χ0v) is 22.4. The molecule has 0 radical (unpaired) electrons. The van der Waals surface area contributed by atoms with Crippen molar-refractivity contribution in [1.29, 1.82) is 0 Å². The number of ether oxygens (including phenoxy) is 2. The van der Waals surface area contributed by atoms with Gasteiger partial charge in [0.2, 0.25) is 0 Å². The summed E-state index contributed by atoms with van der Waals surface area (Å²) in [6, 6.07) is 11.4. The van der Waals surface area contributed by atoms with E-state index in [1.807, 2.05) is 0 Å². The van der Waals surface area contributed by atoms with Crippen LogP contribution in [0, 0.1) is 5.82 Å². The number of nitrogens with one attached hydrogen (secondary N) is 1. The molecule has 0 spiro atoms. The van der Waals surface area contributed by atoms with Crippen molar-refractivity contribution in [3.63, 3.8) is 0 Å². The summed E-state index contributed by atoms with van der Waals surface area (Å²) in [5, 5.41) is 0.661. The molecule has 2 aromatic heterocycles. The van der Waals surface area contributed by atoms with E-state index in [0.29, 0.717) is 71.5 Å². The lowest BCUT2D eigenvalue weighted by Gasteiger charge is -2.29. The fraction of sp³-hybridized carbons (Fsp3) is 0.296. The first-order valence-electron chi connectivity index (χ1n) is 12.6. The van der Waals surface area contributed by atoms with E-state index in [4.69, 9.17) is 25.2 Å². The number of pyridine rings is 1. The van der Waals surface area contributed by atoms with Crippen LogP contribution in [0.4, 0.5) is 20.4 Å². The number of fused-ring (bicyclic) bond motifs is 1. The molecule has 0 aliphatic carbocycles. The zero-order chi connectivity index (χ0) is 28.2. The van der Waals surface area contributed by atoms with Gasteiger partial charge in [-0.2, -0.15) is 0 Å². The maximum absolute atomic E-state index is 15.8. The van der Waals surface area contributed by atoms with Crippen molar-refractivity contribution in [3.8, 4) is 28.3 Å². The van der Waals surface area contributed by atoms with E-state index in [1.54, 1.807) is 42.6 Å². The molecule has 2 atom stereocenters. The third kappa shape index (κ3) is 5.87. The summed E-state index contributed by atoms with van der Waals surface area (Å²) < 4.78 is 65.4. The molecule has 0 bridgehead atoms. The third-order valence-corrected chi connectivity index (χ3v) is 7.07. The monoisotopic (exact) mass is 569 g/mol. The minimum Gasteiger partial charge on any atom is -0.760 e. The van der Waals surface area contributed by atoms with Crippen LogP contribution in [-0.2, 0) is 16.0 Å². The number of nitrogens with two attached hydrogens (primary N) is 1. The smallest absolute Gasteiger partial charge is 0.163 e. The average molecular weight is 570 g/mol. The average Bonchev–Trinajstić information content (AvgIpc) is 2.96. The van der Waals surface area contributed by atoms with Gasteiger partial charge in [0.05, 0.1) is 25.8 Å². The van der Waals surface area contributed by atoms with Gasteiger partial charge in [-0.15, -0.1) is 0 Å². The molecule has 13 heteroatoms. The number of methoxy groups -OCH3 is 1. The Balaban J connectivity index is 1.63. The zero-order valence-electron chi connectivity index (χ0n) is 21.6. The quantitative estimate of drug-likeness (QED) is 0.289. The lowest BCUT2D eigenvalue weighted by molar-refractivity contribution is 0.122. The molecule has 5 rings (SSSR count). The molecule has 2 unspecified atom stereocenters. The minimum absolute atomic E-state index is 0.138. The van der Waals surface area contributed by atoms with Crippen molar-refractivity contribution in [2.45, 2.75) is 12.6 Å². The number of hydrogen-bond donors (Lipinski definition) is 2. The van der Waals surface area contributed by atoms with Crippen LogP contribution in [0.2, 0.25) is 0 Å². The lowest BCUT2D eigenvalue weighted by Crippen LogP contribution is -2.37. The molecule has 0 saturated carbocycles. The fourth-order valence-electron chi connectivity index (χ4n) is 4.63. The molecule has 210 valence electrons. The second-order valence-corrected chi connectivity index (χ2v) is 9.86. The van der Waals surface area contributed by atoms with E-state index in [-0.39, 0.29) is 24.1 Å². The summed E-state index contributed by atoms with van der Waals surface area (Å²) in [7, 11) is 1.47. The third-order valence-electron chi connectivity index (χ3n) is 6.63. The predicted octanol–water partition coefficient (Wildman–Crippen LogP) is 3.71. The molecule has 1 aliphatic rings. The minimum atomic E-state index is -2.53. The highest BCUT2D eigenvalue weighted by Gasteiger charge is 2.23. The first-order chi connectivity index (χ1) is 19.4. The molecule has 3 heterocycles. The molecular weight excluding hydrogens is 542 g/mol. The maximum atomic E-state index is 15.8. The number of alkyl halides is 1. The van der Waals surface area contributed by atoms with Crippen LogP contribution in [0.1, 0.15) is 18.2 Å². The number of benzene rings is 2. The number of aromatic nitrogens is 3. The van der Waals surface area contributed by atoms with Crippen molar-refractivity contribution in [3.05, 3.63) is 60.0 Å². The Bertz CT molecular complexity index is 1540. The normalized spacial score (nSPS) is 15.2. The summed E-state index contributed by atoms with van der Waals surface area (Å²) in [6.07, 6.45) is -0.337. The van der Waals surface area contributed by atoms with Gasteiger partial charge in [0.15, 0.2) is 5.82 Å². The Morgan fingerprint density at radius 2 is 2.00 bits per heavy atom. The molecule has 1 fully saturated rings. The van der Waals surface area contributed by atoms with Crippen LogP contribution >= 0.6 is 0 Å². The molecule has 1 aliphatic heterocycles. The van der Waals surface area contributed by atoms with Gasteiger partial charge in [0.25, 0.3) is 0 Å².